The van der Waals surface area contributed by atoms with Gasteiger partial charge in [0.15, 0.2) is 5.82 Å². The van der Waals surface area contributed by atoms with Gasteiger partial charge in [0.05, 0.1) is 13.2 Å². The lowest BCUT2D eigenvalue weighted by Gasteiger charge is -2.33. The largest absolute Gasteiger partial charge is 0.395 e. The first-order valence-electron chi connectivity index (χ1n) is 7.65. The molecule has 1 unspecified atom stereocenters. The molecule has 3 rings (SSSR count). The molecule has 6 heteroatoms. The van der Waals surface area contributed by atoms with E-state index >= 15 is 0 Å². The molecule has 2 aromatic rings. The molecule has 1 fully saturated rings. The van der Waals surface area contributed by atoms with Crippen molar-refractivity contribution in [1.82, 2.24) is 15.0 Å². The Morgan fingerprint density at radius 1 is 1.36 bits per heavy atom. The Balaban J connectivity index is 1.63. The van der Waals surface area contributed by atoms with E-state index in [1.54, 1.807) is 6.07 Å². The molecule has 1 aromatic heterocycles. The molecule has 0 spiro atoms. The lowest BCUT2D eigenvalue weighted by atomic mass is 10.0. The zero-order chi connectivity index (χ0) is 15.4. The number of halogens is 1. The van der Waals surface area contributed by atoms with Crippen LogP contribution in [0.15, 0.2) is 28.8 Å². The highest BCUT2D eigenvalue weighted by atomic mass is 19.1. The molecule has 1 aromatic carbocycles. The summed E-state index contributed by atoms with van der Waals surface area (Å²) in [4.78, 5) is 6.56. The molecular formula is C16H20FN3O2. The molecule has 0 radical (unpaired) electrons. The van der Waals surface area contributed by atoms with Crippen molar-refractivity contribution in [2.45, 2.75) is 38.3 Å². The monoisotopic (exact) mass is 305 g/mol. The highest BCUT2D eigenvalue weighted by molar-refractivity contribution is 5.19. The molecule has 0 aliphatic carbocycles. The van der Waals surface area contributed by atoms with Crippen LogP contribution in [0.25, 0.3) is 0 Å². The molecule has 5 nitrogen and oxygen atoms in total. The highest BCUT2D eigenvalue weighted by Crippen LogP contribution is 2.19. The van der Waals surface area contributed by atoms with Crippen LogP contribution < -0.4 is 0 Å². The van der Waals surface area contributed by atoms with Crippen LogP contribution in [0, 0.1) is 5.82 Å². The molecule has 1 N–H and O–H groups in total. The number of hydrogen-bond donors (Lipinski definition) is 1. The number of aromatic nitrogens is 2. The number of likely N-dealkylation sites (tertiary alicyclic amines) is 1. The van der Waals surface area contributed by atoms with Crippen LogP contribution in [-0.2, 0) is 13.0 Å². The fourth-order valence-corrected chi connectivity index (χ4v) is 2.90. The quantitative estimate of drug-likeness (QED) is 0.917. The van der Waals surface area contributed by atoms with E-state index in [1.165, 1.54) is 12.1 Å². The minimum Gasteiger partial charge on any atom is -0.395 e. The zero-order valence-corrected chi connectivity index (χ0v) is 12.4. The Morgan fingerprint density at radius 3 is 3.09 bits per heavy atom. The van der Waals surface area contributed by atoms with Crippen molar-refractivity contribution >= 4 is 0 Å². The van der Waals surface area contributed by atoms with Crippen molar-refractivity contribution in [2.24, 2.45) is 0 Å². The molecule has 118 valence electrons. The van der Waals surface area contributed by atoms with E-state index in [1.807, 2.05) is 6.07 Å². The van der Waals surface area contributed by atoms with Crippen molar-refractivity contribution in [2.75, 3.05) is 13.2 Å². The number of aliphatic hydroxyl groups excluding tert-OH is 1. The fourth-order valence-electron chi connectivity index (χ4n) is 2.90. The second kappa shape index (κ2) is 6.98. The van der Waals surface area contributed by atoms with Gasteiger partial charge in [0.1, 0.15) is 5.82 Å². The average molecular weight is 305 g/mol. The van der Waals surface area contributed by atoms with Gasteiger partial charge in [-0.15, -0.1) is 0 Å². The van der Waals surface area contributed by atoms with Crippen LogP contribution in [0.4, 0.5) is 4.39 Å². The van der Waals surface area contributed by atoms with Gasteiger partial charge in [-0.1, -0.05) is 23.7 Å². The van der Waals surface area contributed by atoms with Crippen LogP contribution in [0.3, 0.4) is 0 Å². The van der Waals surface area contributed by atoms with E-state index in [4.69, 9.17) is 4.52 Å². The number of piperidine rings is 1. The Morgan fingerprint density at radius 2 is 2.27 bits per heavy atom. The Hall–Kier alpha value is -1.79. The number of benzene rings is 1. The van der Waals surface area contributed by atoms with Gasteiger partial charge in [0.2, 0.25) is 5.89 Å². The maximum Gasteiger partial charge on any atom is 0.240 e. The summed E-state index contributed by atoms with van der Waals surface area (Å²) in [6.07, 6.45) is 3.72. The van der Waals surface area contributed by atoms with Gasteiger partial charge in [-0.3, -0.25) is 4.90 Å². The normalized spacial score (nSPS) is 19.5. The Labute approximate surface area is 128 Å². The molecule has 1 saturated heterocycles. The summed E-state index contributed by atoms with van der Waals surface area (Å²) in [5.41, 5.74) is 0.818. The Bertz CT molecular complexity index is 617. The molecule has 1 aliphatic rings. The van der Waals surface area contributed by atoms with Crippen LogP contribution in [0.2, 0.25) is 0 Å². The molecule has 1 aliphatic heterocycles. The van der Waals surface area contributed by atoms with Crippen molar-refractivity contribution in [3.05, 3.63) is 47.4 Å². The summed E-state index contributed by atoms with van der Waals surface area (Å²) in [5.74, 6) is 0.838. The first-order chi connectivity index (χ1) is 10.7. The van der Waals surface area contributed by atoms with Crippen LogP contribution in [0.1, 0.15) is 36.5 Å². The zero-order valence-electron chi connectivity index (χ0n) is 12.4. The van der Waals surface area contributed by atoms with Crippen molar-refractivity contribution in [1.29, 1.82) is 0 Å². The topological polar surface area (TPSA) is 62.4 Å². The van der Waals surface area contributed by atoms with E-state index < -0.39 is 0 Å². The summed E-state index contributed by atoms with van der Waals surface area (Å²) < 4.78 is 18.5. The lowest BCUT2D eigenvalue weighted by Crippen LogP contribution is -2.41. The molecule has 2 heterocycles. The van der Waals surface area contributed by atoms with E-state index in [-0.39, 0.29) is 18.5 Å². The third kappa shape index (κ3) is 3.69. The number of rotatable bonds is 5. The van der Waals surface area contributed by atoms with E-state index in [9.17, 15) is 9.50 Å². The molecule has 0 amide bonds. The van der Waals surface area contributed by atoms with Gasteiger partial charge in [-0.25, -0.2) is 4.39 Å². The third-order valence-corrected chi connectivity index (χ3v) is 4.06. The summed E-state index contributed by atoms with van der Waals surface area (Å²) in [5, 5.41) is 13.4. The summed E-state index contributed by atoms with van der Waals surface area (Å²) >= 11 is 0. The van der Waals surface area contributed by atoms with E-state index in [0.717, 1.165) is 31.4 Å². The van der Waals surface area contributed by atoms with E-state index in [2.05, 4.69) is 15.0 Å². The first kappa shape index (κ1) is 15.1. The molecule has 0 bridgehead atoms. The van der Waals surface area contributed by atoms with Crippen molar-refractivity contribution < 1.29 is 14.0 Å². The predicted molar refractivity (Wildman–Crippen MR) is 78.6 cm³/mol. The maximum absolute atomic E-state index is 13.2. The predicted octanol–water partition coefficient (Wildman–Crippen LogP) is 2.15. The first-order valence-corrected chi connectivity index (χ1v) is 7.65. The van der Waals surface area contributed by atoms with Gasteiger partial charge < -0.3 is 9.63 Å². The van der Waals surface area contributed by atoms with Gasteiger partial charge in [0, 0.05) is 12.5 Å². The minimum absolute atomic E-state index is 0.157. The van der Waals surface area contributed by atoms with Gasteiger partial charge in [0.25, 0.3) is 0 Å². The van der Waals surface area contributed by atoms with Gasteiger partial charge >= 0.3 is 0 Å². The van der Waals surface area contributed by atoms with Crippen molar-refractivity contribution in [3.63, 3.8) is 0 Å². The number of hydrogen-bond acceptors (Lipinski definition) is 5. The number of aliphatic hydroxyl groups is 1. The van der Waals surface area contributed by atoms with Crippen molar-refractivity contribution in [3.8, 4) is 0 Å². The molecular weight excluding hydrogens is 285 g/mol. The Kier molecular flexibility index (Phi) is 4.80. The number of nitrogens with zero attached hydrogens (tertiary/aromatic N) is 3. The van der Waals surface area contributed by atoms with Crippen LogP contribution in [-0.4, -0.2) is 39.3 Å². The smallest absolute Gasteiger partial charge is 0.240 e. The fraction of sp³-hybridized carbons (Fsp3) is 0.500. The second-order valence-electron chi connectivity index (χ2n) is 5.71. The summed E-state index contributed by atoms with van der Waals surface area (Å²) in [7, 11) is 0. The van der Waals surface area contributed by atoms with Crippen LogP contribution >= 0.6 is 0 Å². The van der Waals surface area contributed by atoms with Gasteiger partial charge in [-0.2, -0.15) is 4.98 Å². The summed E-state index contributed by atoms with van der Waals surface area (Å²) in [6.45, 7) is 1.65. The second-order valence-corrected chi connectivity index (χ2v) is 5.71. The minimum atomic E-state index is -0.264. The molecule has 0 saturated carbocycles. The lowest BCUT2D eigenvalue weighted by molar-refractivity contribution is 0.0749. The molecule has 1 atom stereocenters. The van der Waals surface area contributed by atoms with Crippen LogP contribution in [0.5, 0.6) is 0 Å². The van der Waals surface area contributed by atoms with E-state index in [0.29, 0.717) is 24.7 Å². The maximum atomic E-state index is 13.2. The average Bonchev–Trinajstić information content (AvgIpc) is 2.95. The van der Waals surface area contributed by atoms with Gasteiger partial charge in [-0.05, 0) is 37.1 Å². The highest BCUT2D eigenvalue weighted by Gasteiger charge is 2.23. The SMILES string of the molecule is OCC1CCCCN1Cc1nc(Cc2cccc(F)c2)no1. The third-order valence-electron chi connectivity index (χ3n) is 4.06. The summed E-state index contributed by atoms with van der Waals surface area (Å²) in [6, 6.07) is 6.57. The molecule has 22 heavy (non-hydrogen) atoms. The standard InChI is InChI=1S/C16H20FN3O2/c17-13-5-3-4-12(8-13)9-15-18-16(22-19-15)10-20-7-2-1-6-14(20)11-21/h3-5,8,14,21H,1-2,6-7,9-11H2.